The molecule has 182 valence electrons. The lowest BCUT2D eigenvalue weighted by Gasteiger charge is -2.21. The molecule has 1 aromatic rings. The molecule has 0 saturated heterocycles. The second kappa shape index (κ2) is 14.9. The number of rotatable bonds is 15. The summed E-state index contributed by atoms with van der Waals surface area (Å²) in [7, 11) is 0. The molecule has 0 aliphatic carbocycles. The van der Waals surface area contributed by atoms with Gasteiger partial charge in [-0.25, -0.2) is 4.79 Å². The number of nitrogens with one attached hydrogen (secondary N) is 3. The molecule has 0 aliphatic heterocycles. The molecule has 7 N–H and O–H groups in total. The molecule has 33 heavy (non-hydrogen) atoms. The zero-order valence-electron chi connectivity index (χ0n) is 18.3. The molecule has 1 aromatic carbocycles. The van der Waals surface area contributed by atoms with Crippen LogP contribution in [0.25, 0.3) is 0 Å². The Hall–Kier alpha value is -3.12. The average molecular weight is 483 g/mol. The van der Waals surface area contributed by atoms with Crippen LogP contribution in [0.1, 0.15) is 24.8 Å². The molecule has 0 saturated carbocycles. The topological polar surface area (TPSA) is 188 Å². The highest BCUT2D eigenvalue weighted by Crippen LogP contribution is 2.05. The summed E-state index contributed by atoms with van der Waals surface area (Å²) in [5.74, 6) is -3.77. The van der Waals surface area contributed by atoms with Gasteiger partial charge in [0.25, 0.3) is 0 Å². The standard InChI is InChI=1S/C21H30N4O7S/c1-33-10-9-15(21(31)32)24-17(26)12-23-20(30)16(11-13-5-3-2-4-6-13)25-19(29)14(22)7-8-18(27)28/h2-6,14-16H,7-12,22H2,1H3,(H,23,30)(H,24,26)(H,25,29)(H,27,28)(H,31,32). The van der Waals surface area contributed by atoms with E-state index in [1.807, 2.05) is 6.26 Å². The molecular formula is C21H30N4O7S. The maximum Gasteiger partial charge on any atom is 0.326 e. The molecule has 0 fully saturated rings. The molecule has 12 heteroatoms. The lowest BCUT2D eigenvalue weighted by Crippen LogP contribution is -2.54. The molecule has 0 aliphatic rings. The van der Waals surface area contributed by atoms with Crippen molar-refractivity contribution in [2.75, 3.05) is 18.6 Å². The summed E-state index contributed by atoms with van der Waals surface area (Å²) in [6.45, 7) is -0.478. The Bertz CT molecular complexity index is 822. The third-order valence-corrected chi connectivity index (χ3v) is 5.23. The number of amides is 3. The lowest BCUT2D eigenvalue weighted by atomic mass is 10.0. The fraction of sp³-hybridized carbons (Fsp3) is 0.476. The van der Waals surface area contributed by atoms with Gasteiger partial charge in [0, 0.05) is 12.8 Å². The van der Waals surface area contributed by atoms with E-state index in [4.69, 9.17) is 10.8 Å². The third kappa shape index (κ3) is 11.3. The number of thioether (sulfide) groups is 1. The van der Waals surface area contributed by atoms with Crippen LogP contribution in [0.5, 0.6) is 0 Å². The summed E-state index contributed by atoms with van der Waals surface area (Å²) in [5, 5.41) is 25.2. The first kappa shape index (κ1) is 27.9. The van der Waals surface area contributed by atoms with Crippen molar-refractivity contribution in [2.24, 2.45) is 5.73 Å². The van der Waals surface area contributed by atoms with Crippen LogP contribution in [-0.2, 0) is 30.4 Å². The molecule has 3 atom stereocenters. The van der Waals surface area contributed by atoms with Gasteiger partial charge >= 0.3 is 11.9 Å². The van der Waals surface area contributed by atoms with E-state index in [0.717, 1.165) is 5.56 Å². The highest BCUT2D eigenvalue weighted by atomic mass is 32.2. The summed E-state index contributed by atoms with van der Waals surface area (Å²) in [6, 6.07) is 5.56. The number of carboxylic acids is 2. The summed E-state index contributed by atoms with van der Waals surface area (Å²) in [4.78, 5) is 59.2. The fourth-order valence-corrected chi connectivity index (χ4v) is 3.25. The molecule has 0 heterocycles. The largest absolute Gasteiger partial charge is 0.481 e. The number of carbonyl (C=O) groups excluding carboxylic acids is 3. The van der Waals surface area contributed by atoms with Gasteiger partial charge in [0.05, 0.1) is 12.6 Å². The monoisotopic (exact) mass is 482 g/mol. The zero-order valence-corrected chi connectivity index (χ0v) is 19.1. The summed E-state index contributed by atoms with van der Waals surface area (Å²) in [6.07, 6.45) is 1.76. The quantitative estimate of drug-likeness (QED) is 0.189. The van der Waals surface area contributed by atoms with E-state index in [2.05, 4.69) is 16.0 Å². The van der Waals surface area contributed by atoms with Gasteiger partial charge in [-0.15, -0.1) is 0 Å². The Balaban J connectivity index is 2.76. The van der Waals surface area contributed by atoms with E-state index in [1.165, 1.54) is 11.8 Å². The predicted octanol–water partition coefficient (Wildman–Crippen LogP) is -0.655. The maximum atomic E-state index is 12.7. The second-order valence-electron chi connectivity index (χ2n) is 7.25. The van der Waals surface area contributed by atoms with Gasteiger partial charge in [-0.05, 0) is 30.4 Å². The molecular weight excluding hydrogens is 452 g/mol. The van der Waals surface area contributed by atoms with E-state index in [-0.39, 0.29) is 25.7 Å². The highest BCUT2D eigenvalue weighted by molar-refractivity contribution is 7.98. The van der Waals surface area contributed by atoms with Gasteiger partial charge in [-0.3, -0.25) is 19.2 Å². The number of hydrogen-bond donors (Lipinski definition) is 6. The Morgan fingerprint density at radius 3 is 2.21 bits per heavy atom. The number of carboxylic acid groups (broad SMARTS) is 2. The summed E-state index contributed by atoms with van der Waals surface area (Å²) >= 11 is 1.44. The van der Waals surface area contributed by atoms with E-state index >= 15 is 0 Å². The van der Waals surface area contributed by atoms with Crippen molar-refractivity contribution in [2.45, 2.75) is 43.8 Å². The van der Waals surface area contributed by atoms with Crippen molar-refractivity contribution in [3.8, 4) is 0 Å². The van der Waals surface area contributed by atoms with Crippen molar-refractivity contribution < 1.29 is 34.2 Å². The second-order valence-corrected chi connectivity index (χ2v) is 8.23. The maximum absolute atomic E-state index is 12.7. The van der Waals surface area contributed by atoms with Crippen molar-refractivity contribution in [3.63, 3.8) is 0 Å². The number of carbonyl (C=O) groups is 5. The van der Waals surface area contributed by atoms with Crippen molar-refractivity contribution in [1.82, 2.24) is 16.0 Å². The number of hydrogen-bond acceptors (Lipinski definition) is 7. The number of aliphatic carboxylic acids is 2. The van der Waals surface area contributed by atoms with Crippen LogP contribution in [0.2, 0.25) is 0 Å². The van der Waals surface area contributed by atoms with Gasteiger partial charge in [0.2, 0.25) is 17.7 Å². The van der Waals surface area contributed by atoms with Crippen LogP contribution in [-0.4, -0.2) is 76.6 Å². The van der Waals surface area contributed by atoms with Gasteiger partial charge in [-0.1, -0.05) is 30.3 Å². The first-order valence-corrected chi connectivity index (χ1v) is 11.6. The van der Waals surface area contributed by atoms with Gasteiger partial charge in [0.15, 0.2) is 0 Å². The smallest absolute Gasteiger partial charge is 0.326 e. The molecule has 1 rings (SSSR count). The molecule has 0 radical (unpaired) electrons. The third-order valence-electron chi connectivity index (χ3n) is 4.59. The fourth-order valence-electron chi connectivity index (χ4n) is 2.78. The van der Waals surface area contributed by atoms with Crippen LogP contribution >= 0.6 is 11.8 Å². The van der Waals surface area contributed by atoms with Crippen LogP contribution in [0, 0.1) is 0 Å². The first-order chi connectivity index (χ1) is 15.6. The van der Waals surface area contributed by atoms with Gasteiger partial charge < -0.3 is 31.9 Å². The van der Waals surface area contributed by atoms with Crippen molar-refractivity contribution in [1.29, 1.82) is 0 Å². The molecule has 0 aromatic heterocycles. The van der Waals surface area contributed by atoms with Crippen LogP contribution in [0.4, 0.5) is 0 Å². The lowest BCUT2D eigenvalue weighted by molar-refractivity contribution is -0.142. The van der Waals surface area contributed by atoms with E-state index in [1.54, 1.807) is 30.3 Å². The van der Waals surface area contributed by atoms with Crippen LogP contribution in [0.15, 0.2) is 30.3 Å². The first-order valence-electron chi connectivity index (χ1n) is 10.2. The summed E-state index contributed by atoms with van der Waals surface area (Å²) in [5.41, 5.74) is 6.46. The Labute approximate surface area is 195 Å². The molecule has 11 nitrogen and oxygen atoms in total. The van der Waals surface area contributed by atoms with E-state index in [9.17, 15) is 29.1 Å². The van der Waals surface area contributed by atoms with Crippen molar-refractivity contribution in [3.05, 3.63) is 35.9 Å². The Kier molecular flexibility index (Phi) is 12.6. The molecule has 0 spiro atoms. The van der Waals surface area contributed by atoms with Crippen molar-refractivity contribution >= 4 is 41.4 Å². The SMILES string of the molecule is CSCCC(NC(=O)CNC(=O)C(Cc1ccccc1)NC(=O)C(N)CCC(=O)O)C(=O)O. The van der Waals surface area contributed by atoms with Crippen LogP contribution < -0.4 is 21.7 Å². The summed E-state index contributed by atoms with van der Waals surface area (Å²) < 4.78 is 0. The highest BCUT2D eigenvalue weighted by Gasteiger charge is 2.25. The molecule has 0 bridgehead atoms. The average Bonchev–Trinajstić information content (AvgIpc) is 2.78. The van der Waals surface area contributed by atoms with E-state index in [0.29, 0.717) is 5.75 Å². The minimum absolute atomic E-state index is 0.101. The normalized spacial score (nSPS) is 13.3. The number of benzene rings is 1. The minimum atomic E-state index is -1.17. The molecule has 3 unspecified atom stereocenters. The van der Waals surface area contributed by atoms with Gasteiger partial charge in [-0.2, -0.15) is 11.8 Å². The Morgan fingerprint density at radius 2 is 1.64 bits per heavy atom. The zero-order chi connectivity index (χ0) is 24.8. The van der Waals surface area contributed by atoms with E-state index < -0.39 is 54.3 Å². The predicted molar refractivity (Wildman–Crippen MR) is 122 cm³/mol. The van der Waals surface area contributed by atoms with Gasteiger partial charge in [0.1, 0.15) is 12.1 Å². The van der Waals surface area contributed by atoms with Crippen LogP contribution in [0.3, 0.4) is 0 Å². The Morgan fingerprint density at radius 1 is 0.970 bits per heavy atom. The molecule has 3 amide bonds. The number of nitrogens with two attached hydrogens (primary N) is 1. The minimum Gasteiger partial charge on any atom is -0.481 e.